The molecule has 4 atom stereocenters. The minimum absolute atomic E-state index is 0.154. The molecule has 2 saturated heterocycles. The molecule has 2 aromatic carbocycles. The molecule has 296 valence electrons. The highest BCUT2D eigenvalue weighted by atomic mass is 16.6. The number of benzene rings is 2. The summed E-state index contributed by atoms with van der Waals surface area (Å²) in [4.78, 5) is 59.0. The zero-order valence-electron chi connectivity index (χ0n) is 32.7. The molecule has 14 heteroatoms. The van der Waals surface area contributed by atoms with Crippen molar-refractivity contribution in [3.8, 4) is 33.6 Å². The number of amides is 3. The van der Waals surface area contributed by atoms with Gasteiger partial charge in [0.2, 0.25) is 5.91 Å². The number of carbonyl (C=O) groups is 3. The molecule has 0 radical (unpaired) electrons. The van der Waals surface area contributed by atoms with Crippen molar-refractivity contribution in [3.05, 3.63) is 84.2 Å². The number of aromatic nitrogens is 4. The first kappa shape index (κ1) is 38.8. The van der Waals surface area contributed by atoms with E-state index in [0.29, 0.717) is 32.1 Å². The number of nitrogens with one attached hydrogen (secondary N) is 3. The fraction of sp³-hybridized carbons (Fsp3) is 0.452. The molecule has 3 aliphatic rings. The number of alkyl carbamates (subject to hydrolysis) is 1. The summed E-state index contributed by atoms with van der Waals surface area (Å²) in [5.41, 5.74) is 6.13. The summed E-state index contributed by atoms with van der Waals surface area (Å²) in [6.45, 7) is 9.51. The number of rotatable bonds is 4. The van der Waals surface area contributed by atoms with Crippen molar-refractivity contribution in [1.82, 2.24) is 35.1 Å². The molecule has 5 heterocycles. The van der Waals surface area contributed by atoms with E-state index in [2.05, 4.69) is 62.7 Å². The average Bonchev–Trinajstić information content (AvgIpc) is 4.02. The van der Waals surface area contributed by atoms with Crippen LogP contribution in [0.4, 0.5) is 9.59 Å². The first-order chi connectivity index (χ1) is 27.0. The Labute approximate surface area is 327 Å². The maximum absolute atomic E-state index is 13.9. The van der Waals surface area contributed by atoms with Crippen LogP contribution in [-0.4, -0.2) is 99.0 Å². The van der Waals surface area contributed by atoms with Gasteiger partial charge < -0.3 is 39.1 Å². The van der Waals surface area contributed by atoms with Gasteiger partial charge in [-0.15, -0.1) is 0 Å². The summed E-state index contributed by atoms with van der Waals surface area (Å²) in [6, 6.07) is 13.2. The zero-order chi connectivity index (χ0) is 39.4. The number of aromatic amines is 2. The first-order valence-electron chi connectivity index (χ1n) is 19.3. The lowest BCUT2D eigenvalue weighted by Gasteiger charge is -2.31. The summed E-state index contributed by atoms with van der Waals surface area (Å²) in [7, 11) is 1.27. The molecule has 4 aromatic rings. The highest BCUT2D eigenvalue weighted by Crippen LogP contribution is 2.36. The Bertz CT molecular complexity index is 2050. The second kappa shape index (κ2) is 16.7. The Balaban J connectivity index is 1.12. The predicted octanol–water partition coefficient (Wildman–Crippen LogP) is 7.09. The van der Waals surface area contributed by atoms with Gasteiger partial charge in [-0.1, -0.05) is 48.6 Å². The number of hydrogen-bond acceptors (Lipinski definition) is 9. The number of imidazole rings is 2. The number of nitrogens with zero attached hydrogens (tertiary/aromatic N) is 4. The van der Waals surface area contributed by atoms with Crippen LogP contribution in [0.2, 0.25) is 0 Å². The summed E-state index contributed by atoms with van der Waals surface area (Å²) in [5, 5.41) is 2.68. The number of fused-ring (bicyclic) bond motifs is 6. The van der Waals surface area contributed by atoms with Crippen LogP contribution in [0.5, 0.6) is 0 Å². The van der Waals surface area contributed by atoms with E-state index in [0.717, 1.165) is 70.7 Å². The molecule has 0 spiro atoms. The number of H-pyrrole nitrogens is 2. The SMILES string of the molecule is COC(=O)N[C@@H]1C(=O)N2CCC[C@H]2c2ncc([nH]2)-c2ccc(-c3ccc(-c4cnc([C@@H]5CCCN5C(=O)OC(C)(C)C)[nH]4)cc3)cc2COC/C=C/CO[C@@H]1C. The molecule has 0 unspecified atom stereocenters. The second-order valence-corrected chi connectivity index (χ2v) is 15.5. The standard InChI is InChI=1S/C42H51N7O7/c1-26-36(47-40(51)53-5)39(50)48-18-8-10-34(48)37-44-24-33(46-37)31-17-16-29(22-30(31)25-54-20-6-7-21-55-26)27-12-14-28(15-13-27)32-23-43-38(45-32)35-11-9-19-49(35)41(52)56-42(2,3)4/h6-7,12-17,22-24,26,34-36H,8-11,18-21,25H2,1-5H3,(H,43,45)(H,44,46)(H,47,51)/b7-6+/t26-,34+,35+,36+/m1/s1. The minimum atomic E-state index is -0.934. The van der Waals surface area contributed by atoms with Crippen molar-refractivity contribution < 1.29 is 33.3 Å². The topological polar surface area (TPSA) is 164 Å². The van der Waals surface area contributed by atoms with E-state index in [1.54, 1.807) is 22.9 Å². The van der Waals surface area contributed by atoms with Crippen molar-refractivity contribution >= 4 is 18.1 Å². The molecule has 56 heavy (non-hydrogen) atoms. The Morgan fingerprint density at radius 3 is 2.30 bits per heavy atom. The lowest BCUT2D eigenvalue weighted by molar-refractivity contribution is -0.138. The maximum atomic E-state index is 13.9. The van der Waals surface area contributed by atoms with Gasteiger partial charge in [-0.05, 0) is 81.7 Å². The number of carbonyl (C=O) groups excluding carboxylic acids is 3. The molecular weight excluding hydrogens is 715 g/mol. The predicted molar refractivity (Wildman–Crippen MR) is 209 cm³/mol. The van der Waals surface area contributed by atoms with Crippen LogP contribution in [0.15, 0.2) is 67.0 Å². The zero-order valence-corrected chi connectivity index (χ0v) is 32.7. The van der Waals surface area contributed by atoms with E-state index in [-0.39, 0.29) is 30.7 Å². The average molecular weight is 766 g/mol. The number of ether oxygens (including phenoxy) is 4. The molecular formula is C42H51N7O7. The first-order valence-corrected chi connectivity index (χ1v) is 19.3. The summed E-state index contributed by atoms with van der Waals surface area (Å²) < 4.78 is 22.6. The lowest BCUT2D eigenvalue weighted by atomic mass is 9.97. The van der Waals surface area contributed by atoms with Gasteiger partial charge >= 0.3 is 12.2 Å². The minimum Gasteiger partial charge on any atom is -0.453 e. The Morgan fingerprint density at radius 2 is 1.54 bits per heavy atom. The van der Waals surface area contributed by atoms with Crippen molar-refractivity contribution in [3.63, 3.8) is 0 Å². The normalized spacial score (nSPS) is 22.6. The summed E-state index contributed by atoms with van der Waals surface area (Å²) in [6.07, 6.45) is 8.98. The van der Waals surface area contributed by atoms with E-state index in [1.807, 2.05) is 39.1 Å². The number of likely N-dealkylation sites (tertiary alicyclic amines) is 1. The third-order valence-corrected chi connectivity index (χ3v) is 10.5. The molecule has 0 aliphatic carbocycles. The van der Waals surface area contributed by atoms with Gasteiger partial charge in [0.05, 0.1) is 68.9 Å². The fourth-order valence-electron chi connectivity index (χ4n) is 7.62. The van der Waals surface area contributed by atoms with Gasteiger partial charge in [0.1, 0.15) is 23.3 Å². The van der Waals surface area contributed by atoms with Crippen LogP contribution in [0, 0.1) is 0 Å². The van der Waals surface area contributed by atoms with Crippen LogP contribution in [-0.2, 0) is 30.3 Å². The quantitative estimate of drug-likeness (QED) is 0.184. The van der Waals surface area contributed by atoms with Crippen LogP contribution in [0.3, 0.4) is 0 Å². The summed E-state index contributed by atoms with van der Waals surface area (Å²) >= 11 is 0. The van der Waals surface area contributed by atoms with E-state index in [4.69, 9.17) is 23.9 Å². The molecule has 3 aliphatic heterocycles. The van der Waals surface area contributed by atoms with Crippen molar-refractivity contribution in [2.45, 2.75) is 89.8 Å². The molecule has 2 fully saturated rings. The van der Waals surface area contributed by atoms with Crippen molar-refractivity contribution in [1.29, 1.82) is 0 Å². The lowest BCUT2D eigenvalue weighted by Crippen LogP contribution is -2.54. The van der Waals surface area contributed by atoms with Crippen LogP contribution in [0.25, 0.3) is 33.6 Å². The van der Waals surface area contributed by atoms with E-state index in [1.165, 1.54) is 7.11 Å². The largest absolute Gasteiger partial charge is 0.453 e. The van der Waals surface area contributed by atoms with E-state index in [9.17, 15) is 14.4 Å². The van der Waals surface area contributed by atoms with Crippen molar-refractivity contribution in [2.24, 2.45) is 0 Å². The van der Waals surface area contributed by atoms with Gasteiger partial charge in [0, 0.05) is 18.7 Å². The highest BCUT2D eigenvalue weighted by molar-refractivity contribution is 5.87. The Morgan fingerprint density at radius 1 is 0.875 bits per heavy atom. The number of hydrogen-bond donors (Lipinski definition) is 3. The Kier molecular flexibility index (Phi) is 11.6. The van der Waals surface area contributed by atoms with Crippen molar-refractivity contribution in [2.75, 3.05) is 33.4 Å². The third kappa shape index (κ3) is 8.66. The third-order valence-electron chi connectivity index (χ3n) is 10.5. The van der Waals surface area contributed by atoms with Crippen LogP contribution < -0.4 is 5.32 Å². The molecule has 7 rings (SSSR count). The smallest absolute Gasteiger partial charge is 0.410 e. The fourth-order valence-corrected chi connectivity index (χ4v) is 7.62. The molecule has 0 saturated carbocycles. The molecule has 2 aromatic heterocycles. The van der Waals surface area contributed by atoms with Gasteiger partial charge in [0.15, 0.2) is 0 Å². The Hall–Kier alpha value is -5.47. The second-order valence-electron chi connectivity index (χ2n) is 15.5. The van der Waals surface area contributed by atoms with Gasteiger partial charge in [-0.25, -0.2) is 19.6 Å². The monoisotopic (exact) mass is 765 g/mol. The highest BCUT2D eigenvalue weighted by Gasteiger charge is 2.39. The molecule has 2 bridgehead atoms. The van der Waals surface area contributed by atoms with Gasteiger partial charge in [-0.2, -0.15) is 0 Å². The van der Waals surface area contributed by atoms with Gasteiger partial charge in [0.25, 0.3) is 0 Å². The van der Waals surface area contributed by atoms with Crippen LogP contribution in [0.1, 0.15) is 82.7 Å². The summed E-state index contributed by atoms with van der Waals surface area (Å²) in [5.74, 6) is 1.19. The molecule has 14 nitrogen and oxygen atoms in total. The molecule has 3 amide bonds. The molecule has 3 N–H and O–H groups in total. The van der Waals surface area contributed by atoms with E-state index >= 15 is 0 Å². The maximum Gasteiger partial charge on any atom is 0.410 e. The van der Waals surface area contributed by atoms with Gasteiger partial charge in [-0.3, -0.25) is 9.69 Å². The number of methoxy groups -OCH3 is 1. The van der Waals surface area contributed by atoms with E-state index < -0.39 is 23.8 Å². The van der Waals surface area contributed by atoms with Crippen LogP contribution >= 0.6 is 0 Å².